The molecule has 3 heterocycles. The molecule has 158 valence electrons. The summed E-state index contributed by atoms with van der Waals surface area (Å²) in [6.07, 6.45) is 3.78. The van der Waals surface area contributed by atoms with E-state index in [0.29, 0.717) is 53.9 Å². The number of amidine groups is 1. The van der Waals surface area contributed by atoms with Gasteiger partial charge in [0.25, 0.3) is 0 Å². The van der Waals surface area contributed by atoms with Crippen molar-refractivity contribution >= 4 is 40.1 Å². The Hall–Kier alpha value is -3.15. The molecule has 1 fully saturated rings. The molecule has 2 aromatic heterocycles. The van der Waals surface area contributed by atoms with E-state index in [1.54, 1.807) is 6.33 Å². The Labute approximate surface area is 178 Å². The van der Waals surface area contributed by atoms with Crippen LogP contribution in [-0.2, 0) is 6.54 Å². The monoisotopic (exact) mass is 429 g/mol. The van der Waals surface area contributed by atoms with Gasteiger partial charge in [0.15, 0.2) is 17.3 Å². The molecule has 0 unspecified atom stereocenters. The molecule has 3 aromatic rings. The molecule has 1 saturated heterocycles. The van der Waals surface area contributed by atoms with Crippen molar-refractivity contribution < 1.29 is 0 Å². The third kappa shape index (κ3) is 3.26. The van der Waals surface area contributed by atoms with E-state index in [1.165, 1.54) is 6.33 Å². The van der Waals surface area contributed by atoms with Crippen molar-refractivity contribution in [2.45, 2.75) is 25.4 Å². The van der Waals surface area contributed by atoms with E-state index in [4.69, 9.17) is 34.8 Å². The van der Waals surface area contributed by atoms with E-state index in [2.05, 4.69) is 30.4 Å². The molecule has 0 aliphatic carbocycles. The molecule has 1 aliphatic rings. The maximum Gasteiger partial charge on any atom is 0.165 e. The highest BCUT2D eigenvalue weighted by Crippen LogP contribution is 2.34. The Morgan fingerprint density at radius 1 is 1.33 bits per heavy atom. The fourth-order valence-electron chi connectivity index (χ4n) is 3.94. The van der Waals surface area contributed by atoms with Crippen molar-refractivity contribution in [1.82, 2.24) is 24.9 Å². The minimum absolute atomic E-state index is 0.345. The number of nitrogens with two attached hydrogens (primary N) is 4. The van der Waals surface area contributed by atoms with Crippen molar-refractivity contribution in [3.63, 3.8) is 0 Å². The van der Waals surface area contributed by atoms with E-state index >= 15 is 0 Å². The van der Waals surface area contributed by atoms with E-state index in [-0.39, 0.29) is 0 Å². The molecule has 4 rings (SSSR count). The van der Waals surface area contributed by atoms with Crippen LogP contribution >= 0.6 is 11.6 Å². The molecule has 0 radical (unpaired) electrons. The molecular weight excluding hydrogens is 406 g/mol. The zero-order valence-electron chi connectivity index (χ0n) is 16.5. The number of hydrogen-bond donors (Lipinski definition) is 5. The summed E-state index contributed by atoms with van der Waals surface area (Å²) in [5.74, 6) is 11.7. The summed E-state index contributed by atoms with van der Waals surface area (Å²) in [6.45, 7) is 3.71. The van der Waals surface area contributed by atoms with Crippen LogP contribution in [0.25, 0.3) is 11.2 Å². The SMILES string of the molecule is Cc1c(Cl)ccc(N2CC[C@](N)(/C(=N/N)NN)C2)c1Cn1cnc2c(N)ncnc21. The first-order valence-corrected chi connectivity index (χ1v) is 9.74. The van der Waals surface area contributed by atoms with Crippen molar-refractivity contribution in [2.24, 2.45) is 22.5 Å². The number of hydrogen-bond acceptors (Lipinski definition) is 9. The number of nitrogen functional groups attached to an aromatic ring is 1. The zero-order chi connectivity index (χ0) is 21.5. The lowest BCUT2D eigenvalue weighted by atomic mass is 9.98. The van der Waals surface area contributed by atoms with E-state index in [9.17, 15) is 0 Å². The van der Waals surface area contributed by atoms with Gasteiger partial charge < -0.3 is 32.2 Å². The molecule has 0 amide bonds. The van der Waals surface area contributed by atoms with Crippen LogP contribution in [0.4, 0.5) is 11.5 Å². The smallest absolute Gasteiger partial charge is 0.165 e. The molecule has 30 heavy (non-hydrogen) atoms. The average molecular weight is 430 g/mol. The number of aromatic nitrogens is 4. The molecule has 0 saturated carbocycles. The van der Waals surface area contributed by atoms with E-state index in [1.807, 2.05) is 23.6 Å². The van der Waals surface area contributed by atoms with Gasteiger partial charge in [0, 0.05) is 23.8 Å². The Morgan fingerprint density at radius 3 is 2.87 bits per heavy atom. The van der Waals surface area contributed by atoms with Gasteiger partial charge in [-0.25, -0.2) is 20.8 Å². The van der Waals surface area contributed by atoms with Gasteiger partial charge >= 0.3 is 0 Å². The highest BCUT2D eigenvalue weighted by molar-refractivity contribution is 6.31. The molecule has 0 spiro atoms. The van der Waals surface area contributed by atoms with Crippen molar-refractivity contribution in [1.29, 1.82) is 0 Å². The lowest BCUT2D eigenvalue weighted by Gasteiger charge is -2.28. The number of nitrogens with one attached hydrogen (secondary N) is 1. The topological polar surface area (TPSA) is 175 Å². The Kier molecular flexibility index (Phi) is 5.10. The summed E-state index contributed by atoms with van der Waals surface area (Å²) < 4.78 is 1.93. The highest BCUT2D eigenvalue weighted by Gasteiger charge is 2.40. The Balaban J connectivity index is 1.73. The van der Waals surface area contributed by atoms with Gasteiger partial charge in [-0.1, -0.05) is 11.6 Å². The molecule has 9 N–H and O–H groups in total. The average Bonchev–Trinajstić information content (AvgIpc) is 3.32. The van der Waals surface area contributed by atoms with Crippen molar-refractivity contribution in [3.05, 3.63) is 40.9 Å². The number of halogens is 1. The third-order valence-electron chi connectivity index (χ3n) is 5.64. The summed E-state index contributed by atoms with van der Waals surface area (Å²) >= 11 is 6.45. The Bertz CT molecular complexity index is 1120. The summed E-state index contributed by atoms with van der Waals surface area (Å²) in [5.41, 5.74) is 18.5. The van der Waals surface area contributed by atoms with Crippen LogP contribution in [0.2, 0.25) is 5.02 Å². The van der Waals surface area contributed by atoms with Crippen LogP contribution in [0, 0.1) is 6.92 Å². The van der Waals surface area contributed by atoms with Crippen LogP contribution in [0.1, 0.15) is 17.5 Å². The summed E-state index contributed by atoms with van der Waals surface area (Å²) in [7, 11) is 0. The predicted molar refractivity (Wildman–Crippen MR) is 118 cm³/mol. The lowest BCUT2D eigenvalue weighted by Crippen LogP contribution is -2.58. The number of fused-ring (bicyclic) bond motifs is 1. The predicted octanol–water partition coefficient (Wildman–Crippen LogP) is 0.0617. The van der Waals surface area contributed by atoms with Gasteiger partial charge in [0.2, 0.25) is 0 Å². The zero-order valence-corrected chi connectivity index (χ0v) is 17.3. The molecule has 1 aromatic carbocycles. The normalized spacial score (nSPS) is 19.6. The largest absolute Gasteiger partial charge is 0.382 e. The number of imidazole rings is 1. The molecular formula is C18H24ClN11. The number of benzene rings is 1. The van der Waals surface area contributed by atoms with Gasteiger partial charge in [-0.15, -0.1) is 0 Å². The number of nitrogens with zero attached hydrogens (tertiary/aromatic N) is 6. The summed E-state index contributed by atoms with van der Waals surface area (Å²) in [6, 6.07) is 3.88. The van der Waals surface area contributed by atoms with Crippen LogP contribution in [0.3, 0.4) is 0 Å². The lowest BCUT2D eigenvalue weighted by molar-refractivity contribution is 0.604. The van der Waals surface area contributed by atoms with Crippen molar-refractivity contribution in [3.8, 4) is 0 Å². The van der Waals surface area contributed by atoms with Crippen LogP contribution in [-0.4, -0.2) is 44.0 Å². The second-order valence-corrected chi connectivity index (χ2v) is 7.83. The van der Waals surface area contributed by atoms with Crippen LogP contribution in [0.5, 0.6) is 0 Å². The first kappa shape index (κ1) is 20.1. The fraction of sp³-hybridized carbons (Fsp3) is 0.333. The number of hydrazine groups is 1. The molecule has 1 atom stereocenters. The van der Waals surface area contributed by atoms with E-state index in [0.717, 1.165) is 16.8 Å². The minimum Gasteiger partial charge on any atom is -0.382 e. The molecule has 11 nitrogen and oxygen atoms in total. The number of rotatable bonds is 4. The maximum atomic E-state index is 6.53. The van der Waals surface area contributed by atoms with Gasteiger partial charge in [-0.2, -0.15) is 5.10 Å². The second-order valence-electron chi connectivity index (χ2n) is 7.42. The Morgan fingerprint density at radius 2 is 2.13 bits per heavy atom. The second kappa shape index (κ2) is 7.59. The molecule has 1 aliphatic heterocycles. The van der Waals surface area contributed by atoms with Crippen molar-refractivity contribution in [2.75, 3.05) is 23.7 Å². The first-order chi connectivity index (χ1) is 14.4. The van der Waals surface area contributed by atoms with E-state index < -0.39 is 5.54 Å². The van der Waals surface area contributed by atoms with Crippen LogP contribution in [0.15, 0.2) is 29.9 Å². The standard InChI is InChI=1S/C18H24ClN11/c1-10-11(6-30-9-26-14-15(20)24-8-25-16(14)30)13(3-2-12(10)19)29-5-4-18(21,7-29)17(27-22)28-23/h2-3,8-9H,4-7,21-23H2,1H3,(H,27,28)(H2,20,24,25)/t18-/m1/s1. The van der Waals surface area contributed by atoms with Gasteiger partial charge in [0.1, 0.15) is 11.8 Å². The molecule has 12 heteroatoms. The number of hydrazone groups is 1. The third-order valence-corrected chi connectivity index (χ3v) is 6.05. The van der Waals surface area contributed by atoms with Gasteiger partial charge in [-0.05, 0) is 36.6 Å². The van der Waals surface area contributed by atoms with Crippen LogP contribution < -0.4 is 33.5 Å². The highest BCUT2D eigenvalue weighted by atomic mass is 35.5. The van der Waals surface area contributed by atoms with Gasteiger partial charge in [-0.3, -0.25) is 0 Å². The quantitative estimate of drug-likeness (QED) is 0.166. The summed E-state index contributed by atoms with van der Waals surface area (Å²) in [4.78, 5) is 14.9. The summed E-state index contributed by atoms with van der Waals surface area (Å²) in [5, 5.41) is 4.39. The fourth-order valence-corrected chi connectivity index (χ4v) is 4.11. The molecule has 0 bridgehead atoms. The minimum atomic E-state index is -0.766. The maximum absolute atomic E-state index is 6.53. The first-order valence-electron chi connectivity index (χ1n) is 9.36. The van der Waals surface area contributed by atoms with Gasteiger partial charge in [0.05, 0.1) is 18.4 Å². The number of anilines is 2.